The van der Waals surface area contributed by atoms with Crippen LogP contribution in [0.3, 0.4) is 0 Å². The van der Waals surface area contributed by atoms with Crippen LogP contribution in [0, 0.1) is 0 Å². The molecule has 0 N–H and O–H groups in total. The molecule has 3 aromatic rings. The standard InChI is InChI=1S/C25H28N2O4/c1-26-20-12-8-7-11-18(20)19-15-22(25(29)31-3)27(16-17-9-5-4-6-10-17)21(24(19)26)13-14-23(28)30-2/h4-12,21-22H,13-16H2,1-3H3/t21-,22+/m0/s1. The lowest BCUT2D eigenvalue weighted by atomic mass is 9.88. The predicted octanol–water partition coefficient (Wildman–Crippen LogP) is 3.77. The second-order valence-corrected chi connectivity index (χ2v) is 7.97. The minimum absolute atomic E-state index is 0.121. The van der Waals surface area contributed by atoms with Gasteiger partial charge in [0.2, 0.25) is 0 Å². The number of hydrogen-bond acceptors (Lipinski definition) is 5. The van der Waals surface area contributed by atoms with Gasteiger partial charge >= 0.3 is 11.9 Å². The fraction of sp³-hybridized carbons (Fsp3) is 0.360. The smallest absolute Gasteiger partial charge is 0.323 e. The van der Waals surface area contributed by atoms with Crippen LogP contribution in [-0.4, -0.2) is 41.7 Å². The molecule has 1 aliphatic heterocycles. The maximum Gasteiger partial charge on any atom is 0.323 e. The highest BCUT2D eigenvalue weighted by Gasteiger charge is 2.41. The summed E-state index contributed by atoms with van der Waals surface area (Å²) in [4.78, 5) is 27.1. The molecule has 0 spiro atoms. The zero-order chi connectivity index (χ0) is 22.0. The molecule has 2 atom stereocenters. The number of carbonyl (C=O) groups excluding carboxylic acids is 2. The Morgan fingerprint density at radius 2 is 1.71 bits per heavy atom. The van der Waals surface area contributed by atoms with Crippen molar-refractivity contribution in [2.45, 2.75) is 37.9 Å². The van der Waals surface area contributed by atoms with Gasteiger partial charge in [-0.25, -0.2) is 0 Å². The number of para-hydroxylation sites is 1. The number of nitrogens with zero attached hydrogens (tertiary/aromatic N) is 2. The highest BCUT2D eigenvalue weighted by atomic mass is 16.5. The van der Waals surface area contributed by atoms with Gasteiger partial charge in [-0.3, -0.25) is 14.5 Å². The summed E-state index contributed by atoms with van der Waals surface area (Å²) in [5.41, 5.74) is 4.55. The van der Waals surface area contributed by atoms with Crippen molar-refractivity contribution in [2.75, 3.05) is 14.2 Å². The van der Waals surface area contributed by atoms with Gasteiger partial charge in [-0.15, -0.1) is 0 Å². The van der Waals surface area contributed by atoms with Gasteiger partial charge in [-0.1, -0.05) is 48.5 Å². The van der Waals surface area contributed by atoms with Crippen molar-refractivity contribution in [1.29, 1.82) is 0 Å². The summed E-state index contributed by atoms with van der Waals surface area (Å²) in [6, 6.07) is 17.8. The number of ether oxygens (including phenoxy) is 2. The van der Waals surface area contributed by atoms with Gasteiger partial charge in [-0.2, -0.15) is 0 Å². The van der Waals surface area contributed by atoms with Crippen LogP contribution in [0.1, 0.15) is 35.7 Å². The van der Waals surface area contributed by atoms with Crippen LogP contribution in [-0.2, 0) is 39.1 Å². The van der Waals surface area contributed by atoms with Crippen LogP contribution >= 0.6 is 0 Å². The number of fused-ring (bicyclic) bond motifs is 3. The number of aromatic nitrogens is 1. The topological polar surface area (TPSA) is 60.8 Å². The van der Waals surface area contributed by atoms with Gasteiger partial charge in [0.1, 0.15) is 6.04 Å². The van der Waals surface area contributed by atoms with E-state index in [0.29, 0.717) is 19.4 Å². The molecule has 0 fully saturated rings. The average molecular weight is 421 g/mol. The summed E-state index contributed by atoms with van der Waals surface area (Å²) < 4.78 is 12.3. The lowest BCUT2D eigenvalue weighted by Gasteiger charge is -2.41. The van der Waals surface area contributed by atoms with Crippen molar-refractivity contribution < 1.29 is 19.1 Å². The molecule has 1 aromatic heterocycles. The number of carbonyl (C=O) groups is 2. The molecule has 2 heterocycles. The monoisotopic (exact) mass is 420 g/mol. The number of rotatable bonds is 6. The molecule has 0 aliphatic carbocycles. The third kappa shape index (κ3) is 3.95. The Balaban J connectivity index is 1.84. The first-order valence-corrected chi connectivity index (χ1v) is 10.6. The summed E-state index contributed by atoms with van der Waals surface area (Å²) >= 11 is 0. The first kappa shape index (κ1) is 21.1. The lowest BCUT2D eigenvalue weighted by Crippen LogP contribution is -2.48. The Morgan fingerprint density at radius 1 is 1.00 bits per heavy atom. The van der Waals surface area contributed by atoms with E-state index in [4.69, 9.17) is 9.47 Å². The Labute approximate surface area is 182 Å². The molecular formula is C25H28N2O4. The minimum atomic E-state index is -0.425. The maximum atomic E-state index is 12.9. The second kappa shape index (κ2) is 8.94. The van der Waals surface area contributed by atoms with E-state index in [1.807, 2.05) is 30.3 Å². The van der Waals surface area contributed by atoms with E-state index < -0.39 is 6.04 Å². The summed E-state index contributed by atoms with van der Waals surface area (Å²) in [5.74, 6) is -0.502. The van der Waals surface area contributed by atoms with Crippen LogP contribution in [0.2, 0.25) is 0 Å². The number of aryl methyl sites for hydroxylation is 1. The van der Waals surface area contributed by atoms with E-state index in [0.717, 1.165) is 27.7 Å². The highest BCUT2D eigenvalue weighted by molar-refractivity contribution is 5.88. The van der Waals surface area contributed by atoms with E-state index in [9.17, 15) is 9.59 Å². The number of esters is 2. The third-order valence-electron chi connectivity index (χ3n) is 6.31. The van der Waals surface area contributed by atoms with Crippen molar-refractivity contribution >= 4 is 22.8 Å². The molecule has 6 heteroatoms. The fourth-order valence-electron chi connectivity index (χ4n) is 4.84. The fourth-order valence-corrected chi connectivity index (χ4v) is 4.84. The second-order valence-electron chi connectivity index (χ2n) is 7.97. The van der Waals surface area contributed by atoms with Crippen LogP contribution in [0.4, 0.5) is 0 Å². The van der Waals surface area contributed by atoms with Crippen molar-refractivity contribution in [3.05, 3.63) is 71.4 Å². The van der Waals surface area contributed by atoms with Crippen LogP contribution in [0.5, 0.6) is 0 Å². The number of methoxy groups -OCH3 is 2. The van der Waals surface area contributed by atoms with Crippen LogP contribution in [0.15, 0.2) is 54.6 Å². The molecule has 31 heavy (non-hydrogen) atoms. The Bertz CT molecular complexity index is 1090. The molecule has 0 bridgehead atoms. The normalized spacial score (nSPS) is 18.5. The summed E-state index contributed by atoms with van der Waals surface area (Å²) in [6.45, 7) is 0.591. The van der Waals surface area contributed by atoms with E-state index in [1.165, 1.54) is 14.2 Å². The Morgan fingerprint density at radius 3 is 2.42 bits per heavy atom. The molecule has 0 radical (unpaired) electrons. The number of hydrogen-bond donors (Lipinski definition) is 0. The van der Waals surface area contributed by atoms with Crippen molar-refractivity contribution in [3.8, 4) is 0 Å². The van der Waals surface area contributed by atoms with Crippen LogP contribution < -0.4 is 0 Å². The molecule has 2 aromatic carbocycles. The first-order valence-electron chi connectivity index (χ1n) is 10.6. The zero-order valence-corrected chi connectivity index (χ0v) is 18.2. The van der Waals surface area contributed by atoms with Crippen molar-refractivity contribution in [1.82, 2.24) is 9.47 Å². The van der Waals surface area contributed by atoms with Gasteiger partial charge in [0.05, 0.1) is 20.3 Å². The molecule has 4 rings (SSSR count). The largest absolute Gasteiger partial charge is 0.469 e. The maximum absolute atomic E-state index is 12.9. The molecule has 0 saturated carbocycles. The molecule has 1 aliphatic rings. The Hall–Kier alpha value is -3.12. The van der Waals surface area contributed by atoms with Gasteiger partial charge in [-0.05, 0) is 23.6 Å². The lowest BCUT2D eigenvalue weighted by molar-refractivity contribution is -0.149. The number of benzene rings is 2. The van der Waals surface area contributed by atoms with E-state index in [1.54, 1.807) is 0 Å². The Kier molecular flexibility index (Phi) is 6.09. The van der Waals surface area contributed by atoms with Crippen LogP contribution in [0.25, 0.3) is 10.9 Å². The molecule has 6 nitrogen and oxygen atoms in total. The van der Waals surface area contributed by atoms with E-state index in [2.05, 4.69) is 40.8 Å². The summed E-state index contributed by atoms with van der Waals surface area (Å²) in [5, 5.41) is 1.15. The quantitative estimate of drug-likeness (QED) is 0.568. The van der Waals surface area contributed by atoms with Gasteiger partial charge in [0.25, 0.3) is 0 Å². The van der Waals surface area contributed by atoms with E-state index in [-0.39, 0.29) is 24.4 Å². The third-order valence-corrected chi connectivity index (χ3v) is 6.31. The zero-order valence-electron chi connectivity index (χ0n) is 18.2. The average Bonchev–Trinajstić information content (AvgIpc) is 3.09. The molecule has 162 valence electrons. The molecular weight excluding hydrogens is 392 g/mol. The van der Waals surface area contributed by atoms with Gasteiger partial charge < -0.3 is 14.0 Å². The minimum Gasteiger partial charge on any atom is -0.469 e. The van der Waals surface area contributed by atoms with Gasteiger partial charge in [0, 0.05) is 43.0 Å². The first-order chi connectivity index (χ1) is 15.0. The van der Waals surface area contributed by atoms with Crippen molar-refractivity contribution in [2.24, 2.45) is 7.05 Å². The molecule has 0 amide bonds. The SMILES string of the molecule is COC(=O)CC[C@H]1c2c(c3ccccc3n2C)C[C@H](C(=O)OC)N1Cc1ccccc1. The van der Waals surface area contributed by atoms with Gasteiger partial charge in [0.15, 0.2) is 0 Å². The molecule has 0 unspecified atom stereocenters. The molecule has 0 saturated heterocycles. The van der Waals surface area contributed by atoms with E-state index >= 15 is 0 Å². The van der Waals surface area contributed by atoms with Crippen molar-refractivity contribution in [3.63, 3.8) is 0 Å². The summed E-state index contributed by atoms with van der Waals surface area (Å²) in [6.07, 6.45) is 1.41. The summed E-state index contributed by atoms with van der Waals surface area (Å²) in [7, 11) is 4.90. The predicted molar refractivity (Wildman–Crippen MR) is 118 cm³/mol. The highest BCUT2D eigenvalue weighted by Crippen LogP contribution is 2.42.